The van der Waals surface area contributed by atoms with Gasteiger partial charge in [0.15, 0.2) is 4.90 Å². The number of halogens is 2. The first-order chi connectivity index (χ1) is 11.9. The van der Waals surface area contributed by atoms with Gasteiger partial charge in [0.1, 0.15) is 17.4 Å². The molecule has 1 aliphatic heterocycles. The van der Waals surface area contributed by atoms with Crippen molar-refractivity contribution in [3.63, 3.8) is 0 Å². The third-order valence-corrected chi connectivity index (χ3v) is 6.13. The van der Waals surface area contributed by atoms with E-state index in [1.54, 1.807) is 7.11 Å². The smallest absolute Gasteiger partial charge is 0.249 e. The maximum absolute atomic E-state index is 13.9. The molecule has 0 spiro atoms. The lowest BCUT2D eigenvalue weighted by molar-refractivity contribution is 0.373. The molecule has 25 heavy (non-hydrogen) atoms. The zero-order valence-electron chi connectivity index (χ0n) is 13.7. The highest BCUT2D eigenvalue weighted by Crippen LogP contribution is 2.30. The van der Waals surface area contributed by atoms with E-state index in [2.05, 4.69) is 0 Å². The first-order valence-corrected chi connectivity index (χ1v) is 9.21. The molecule has 0 bridgehead atoms. The van der Waals surface area contributed by atoms with E-state index < -0.39 is 26.6 Å². The van der Waals surface area contributed by atoms with Crippen LogP contribution in [0.4, 0.5) is 14.5 Å². The number of rotatable bonds is 4. The summed E-state index contributed by atoms with van der Waals surface area (Å²) < 4.78 is 59.4. The van der Waals surface area contributed by atoms with Crippen LogP contribution in [0.1, 0.15) is 0 Å². The lowest BCUT2D eigenvalue weighted by atomic mass is 10.2. The Labute approximate surface area is 145 Å². The summed E-state index contributed by atoms with van der Waals surface area (Å²) in [7, 11) is -2.65. The molecule has 0 saturated carbocycles. The minimum atomic E-state index is -4.22. The summed E-state index contributed by atoms with van der Waals surface area (Å²) in [6.45, 7) is 1.06. The van der Waals surface area contributed by atoms with Gasteiger partial charge >= 0.3 is 0 Å². The molecule has 1 heterocycles. The Hall–Kier alpha value is -2.19. The predicted octanol–water partition coefficient (Wildman–Crippen LogP) is 2.48. The number of benzene rings is 2. The van der Waals surface area contributed by atoms with Crippen LogP contribution in [0.2, 0.25) is 0 Å². The molecule has 2 aromatic carbocycles. The largest absolute Gasteiger partial charge is 0.495 e. The van der Waals surface area contributed by atoms with E-state index in [1.807, 2.05) is 29.2 Å². The van der Waals surface area contributed by atoms with Crippen molar-refractivity contribution in [2.75, 3.05) is 38.2 Å². The Morgan fingerprint density at radius 3 is 2.12 bits per heavy atom. The van der Waals surface area contributed by atoms with Gasteiger partial charge in [-0.2, -0.15) is 4.31 Å². The summed E-state index contributed by atoms with van der Waals surface area (Å²) in [6, 6.07) is 10.5. The Kier molecular flexibility index (Phi) is 4.91. The van der Waals surface area contributed by atoms with Gasteiger partial charge in [0.05, 0.1) is 12.8 Å². The van der Waals surface area contributed by atoms with E-state index in [0.29, 0.717) is 18.8 Å². The summed E-state index contributed by atoms with van der Waals surface area (Å²) >= 11 is 0. The number of piperazine rings is 1. The van der Waals surface area contributed by atoms with Crippen LogP contribution in [0.5, 0.6) is 5.75 Å². The summed E-state index contributed by atoms with van der Waals surface area (Å²) in [5.41, 5.74) is 0.860. The summed E-state index contributed by atoms with van der Waals surface area (Å²) in [6.07, 6.45) is 0. The topological polar surface area (TPSA) is 49.9 Å². The van der Waals surface area contributed by atoms with Crippen LogP contribution in [0.25, 0.3) is 0 Å². The van der Waals surface area contributed by atoms with E-state index in [0.717, 1.165) is 28.2 Å². The van der Waals surface area contributed by atoms with Crippen LogP contribution in [0.3, 0.4) is 0 Å². The lowest BCUT2D eigenvalue weighted by Crippen LogP contribution is -2.49. The maximum atomic E-state index is 13.9. The van der Waals surface area contributed by atoms with Crippen LogP contribution < -0.4 is 9.64 Å². The summed E-state index contributed by atoms with van der Waals surface area (Å²) in [4.78, 5) is 1.10. The number of hydrogen-bond donors (Lipinski definition) is 0. The third-order valence-electron chi connectivity index (χ3n) is 4.18. The van der Waals surface area contributed by atoms with Gasteiger partial charge in [-0.15, -0.1) is 0 Å². The van der Waals surface area contributed by atoms with E-state index in [1.165, 1.54) is 0 Å². The third kappa shape index (κ3) is 3.32. The van der Waals surface area contributed by atoms with Gasteiger partial charge in [0.25, 0.3) is 0 Å². The summed E-state index contributed by atoms with van der Waals surface area (Å²) in [5.74, 6) is -1.46. The van der Waals surface area contributed by atoms with Gasteiger partial charge in [-0.3, -0.25) is 0 Å². The minimum Gasteiger partial charge on any atom is -0.495 e. The van der Waals surface area contributed by atoms with Crippen molar-refractivity contribution < 1.29 is 21.9 Å². The highest BCUT2D eigenvalue weighted by molar-refractivity contribution is 7.89. The summed E-state index contributed by atoms with van der Waals surface area (Å²) in [5, 5.41) is 0. The average molecular weight is 368 g/mol. The van der Waals surface area contributed by atoms with E-state index in [9.17, 15) is 17.2 Å². The number of methoxy groups -OCH3 is 1. The zero-order valence-corrected chi connectivity index (χ0v) is 14.5. The number of nitrogens with zero attached hydrogens (tertiary/aromatic N) is 2. The predicted molar refractivity (Wildman–Crippen MR) is 90.3 cm³/mol. The highest BCUT2D eigenvalue weighted by atomic mass is 32.2. The highest BCUT2D eigenvalue weighted by Gasteiger charge is 2.33. The molecule has 1 fully saturated rings. The van der Waals surface area contributed by atoms with Crippen LogP contribution in [-0.4, -0.2) is 46.0 Å². The van der Waals surface area contributed by atoms with Crippen molar-refractivity contribution in [2.45, 2.75) is 4.90 Å². The molecule has 0 unspecified atom stereocenters. The van der Waals surface area contributed by atoms with Gasteiger partial charge in [0, 0.05) is 26.2 Å². The number of anilines is 1. The van der Waals surface area contributed by atoms with Gasteiger partial charge in [-0.05, 0) is 24.3 Å². The second-order valence-electron chi connectivity index (χ2n) is 5.61. The number of para-hydroxylation sites is 2. The van der Waals surface area contributed by atoms with Crippen LogP contribution in [0, 0.1) is 11.6 Å². The molecule has 1 aliphatic rings. The molecule has 0 atom stereocenters. The molecule has 1 saturated heterocycles. The van der Waals surface area contributed by atoms with Crippen molar-refractivity contribution in [3.8, 4) is 5.75 Å². The molecule has 2 aromatic rings. The second kappa shape index (κ2) is 6.97. The van der Waals surface area contributed by atoms with Crippen molar-refractivity contribution in [1.29, 1.82) is 0 Å². The van der Waals surface area contributed by atoms with Gasteiger partial charge in [-0.1, -0.05) is 18.2 Å². The lowest BCUT2D eigenvalue weighted by Gasteiger charge is -2.35. The van der Waals surface area contributed by atoms with E-state index >= 15 is 0 Å². The molecule has 0 aromatic heterocycles. The molecule has 0 aliphatic carbocycles. The first kappa shape index (κ1) is 17.6. The number of ether oxygens (including phenoxy) is 1. The molecule has 3 rings (SSSR count). The standard InChI is InChI=1S/C17H18F2N2O3S/c1-24-16-8-3-2-7-15(16)20-9-11-21(12-10-20)25(22,23)17-13(18)5-4-6-14(17)19/h2-8H,9-12H2,1H3. The molecule has 0 radical (unpaired) electrons. The molecule has 0 amide bonds. The number of hydrogen-bond acceptors (Lipinski definition) is 4. The van der Waals surface area contributed by atoms with Crippen molar-refractivity contribution >= 4 is 15.7 Å². The van der Waals surface area contributed by atoms with Gasteiger partial charge < -0.3 is 9.64 Å². The number of sulfonamides is 1. The molecule has 0 N–H and O–H groups in total. The van der Waals surface area contributed by atoms with Gasteiger partial charge in [0.2, 0.25) is 10.0 Å². The zero-order chi connectivity index (χ0) is 18.0. The van der Waals surface area contributed by atoms with E-state index in [4.69, 9.17) is 4.74 Å². The Morgan fingerprint density at radius 1 is 0.920 bits per heavy atom. The Balaban J connectivity index is 1.80. The van der Waals surface area contributed by atoms with E-state index in [-0.39, 0.29) is 13.1 Å². The maximum Gasteiger partial charge on any atom is 0.249 e. The fourth-order valence-electron chi connectivity index (χ4n) is 2.92. The fraction of sp³-hybridized carbons (Fsp3) is 0.294. The Morgan fingerprint density at radius 2 is 1.52 bits per heavy atom. The van der Waals surface area contributed by atoms with Crippen LogP contribution in [-0.2, 0) is 10.0 Å². The van der Waals surface area contributed by atoms with Gasteiger partial charge in [-0.25, -0.2) is 17.2 Å². The normalized spacial score (nSPS) is 16.0. The monoisotopic (exact) mass is 368 g/mol. The molecule has 8 heteroatoms. The van der Waals surface area contributed by atoms with Crippen LogP contribution in [0.15, 0.2) is 47.4 Å². The Bertz CT molecular complexity index is 846. The molecule has 134 valence electrons. The fourth-order valence-corrected chi connectivity index (χ4v) is 4.45. The second-order valence-corrected chi connectivity index (χ2v) is 7.49. The van der Waals surface area contributed by atoms with Crippen molar-refractivity contribution in [3.05, 3.63) is 54.1 Å². The first-order valence-electron chi connectivity index (χ1n) is 7.77. The molecule has 5 nitrogen and oxygen atoms in total. The average Bonchev–Trinajstić information content (AvgIpc) is 2.61. The van der Waals surface area contributed by atoms with Crippen molar-refractivity contribution in [1.82, 2.24) is 4.31 Å². The quantitative estimate of drug-likeness (QED) is 0.832. The SMILES string of the molecule is COc1ccccc1N1CCN(S(=O)(=O)c2c(F)cccc2F)CC1. The molecular formula is C17H18F2N2O3S. The van der Waals surface area contributed by atoms with Crippen LogP contribution >= 0.6 is 0 Å². The molecular weight excluding hydrogens is 350 g/mol. The van der Waals surface area contributed by atoms with Crippen molar-refractivity contribution in [2.24, 2.45) is 0 Å². The minimum absolute atomic E-state index is 0.133.